The Bertz CT molecular complexity index is 571. The van der Waals surface area contributed by atoms with Gasteiger partial charge in [-0.3, -0.25) is 0 Å². The van der Waals surface area contributed by atoms with Gasteiger partial charge in [-0.15, -0.1) is 11.6 Å². The number of nitrogens with zero attached hydrogens (tertiary/aromatic N) is 3. The van der Waals surface area contributed by atoms with Crippen molar-refractivity contribution < 1.29 is 9.47 Å². The van der Waals surface area contributed by atoms with Crippen LogP contribution < -0.4 is 0 Å². The van der Waals surface area contributed by atoms with Crippen LogP contribution >= 0.6 is 11.6 Å². The van der Waals surface area contributed by atoms with Crippen LogP contribution in [0, 0.1) is 6.92 Å². The van der Waals surface area contributed by atoms with Gasteiger partial charge in [0.25, 0.3) is 0 Å². The summed E-state index contributed by atoms with van der Waals surface area (Å²) in [6.45, 7) is 3.20. The van der Waals surface area contributed by atoms with Crippen molar-refractivity contribution in [2.75, 3.05) is 26.7 Å². The fraction of sp³-hybridized carbons (Fsp3) is 0.571. The zero-order valence-electron chi connectivity index (χ0n) is 12.1. The number of fused-ring (bicyclic) bond motifs is 1. The van der Waals surface area contributed by atoms with Crippen LogP contribution in [0.1, 0.15) is 11.4 Å². The summed E-state index contributed by atoms with van der Waals surface area (Å²) in [5.74, 6) is 1.47. The van der Waals surface area contributed by atoms with Gasteiger partial charge in [0.15, 0.2) is 5.65 Å². The largest absolute Gasteiger partial charge is 0.382 e. The van der Waals surface area contributed by atoms with Crippen molar-refractivity contribution in [3.63, 3.8) is 0 Å². The molecule has 0 N–H and O–H groups in total. The first kappa shape index (κ1) is 15.2. The van der Waals surface area contributed by atoms with Crippen LogP contribution in [0.3, 0.4) is 0 Å². The van der Waals surface area contributed by atoms with E-state index in [1.54, 1.807) is 14.2 Å². The van der Waals surface area contributed by atoms with E-state index in [2.05, 4.69) is 14.5 Å². The van der Waals surface area contributed by atoms with Crippen LogP contribution in [-0.2, 0) is 22.4 Å². The van der Waals surface area contributed by atoms with Gasteiger partial charge < -0.3 is 14.0 Å². The number of halogens is 1. The summed E-state index contributed by atoms with van der Waals surface area (Å²) in [7, 11) is 3.35. The number of ether oxygens (including phenoxy) is 2. The van der Waals surface area contributed by atoms with Crippen molar-refractivity contribution >= 4 is 22.8 Å². The molecule has 20 heavy (non-hydrogen) atoms. The molecule has 0 aliphatic heterocycles. The van der Waals surface area contributed by atoms with E-state index in [9.17, 15) is 0 Å². The Kier molecular flexibility index (Phi) is 5.34. The summed E-state index contributed by atoms with van der Waals surface area (Å²) in [4.78, 5) is 9.12. The lowest BCUT2D eigenvalue weighted by Gasteiger charge is -2.16. The van der Waals surface area contributed by atoms with Crippen molar-refractivity contribution in [1.82, 2.24) is 14.5 Å². The third-order valence-corrected chi connectivity index (χ3v) is 3.38. The molecule has 2 rings (SSSR count). The summed E-state index contributed by atoms with van der Waals surface area (Å²) in [5, 5.41) is 0. The van der Waals surface area contributed by atoms with Gasteiger partial charge in [0.2, 0.25) is 0 Å². The van der Waals surface area contributed by atoms with Gasteiger partial charge >= 0.3 is 0 Å². The number of hydrogen-bond donors (Lipinski definition) is 0. The number of aryl methyl sites for hydroxylation is 2. The van der Waals surface area contributed by atoms with E-state index in [0.717, 1.165) is 22.6 Å². The molecule has 1 atom stereocenters. The maximum absolute atomic E-state index is 5.87. The number of pyridine rings is 1. The minimum Gasteiger partial charge on any atom is -0.382 e. The molecule has 0 aliphatic carbocycles. The summed E-state index contributed by atoms with van der Waals surface area (Å²) < 4.78 is 12.7. The molecule has 1 unspecified atom stereocenters. The Balaban J connectivity index is 2.39. The van der Waals surface area contributed by atoms with Gasteiger partial charge in [0, 0.05) is 32.7 Å². The Hall–Kier alpha value is -1.17. The number of alkyl halides is 1. The Morgan fingerprint density at radius 1 is 1.40 bits per heavy atom. The second-order valence-electron chi connectivity index (χ2n) is 4.75. The molecule has 0 aromatic carbocycles. The lowest BCUT2D eigenvalue weighted by atomic mass is 10.3. The topological polar surface area (TPSA) is 49.2 Å². The number of rotatable bonds is 7. The highest BCUT2D eigenvalue weighted by Crippen LogP contribution is 2.17. The molecule has 6 heteroatoms. The average Bonchev–Trinajstić information content (AvgIpc) is 2.75. The third kappa shape index (κ3) is 3.29. The van der Waals surface area contributed by atoms with Gasteiger partial charge in [-0.05, 0) is 18.6 Å². The lowest BCUT2D eigenvalue weighted by Crippen LogP contribution is -2.25. The minimum atomic E-state index is -0.0328. The van der Waals surface area contributed by atoms with E-state index < -0.39 is 0 Å². The van der Waals surface area contributed by atoms with E-state index in [0.29, 0.717) is 25.5 Å². The zero-order chi connectivity index (χ0) is 14.5. The first-order valence-electron chi connectivity index (χ1n) is 6.59. The molecule has 0 radical (unpaired) electrons. The average molecular weight is 298 g/mol. The number of hydrogen-bond acceptors (Lipinski definition) is 4. The van der Waals surface area contributed by atoms with E-state index in [1.807, 2.05) is 19.2 Å². The third-order valence-electron chi connectivity index (χ3n) is 3.19. The number of aromatic nitrogens is 3. The quantitative estimate of drug-likeness (QED) is 0.735. The van der Waals surface area contributed by atoms with Crippen molar-refractivity contribution in [2.24, 2.45) is 0 Å². The van der Waals surface area contributed by atoms with Gasteiger partial charge in [-0.2, -0.15) is 0 Å². The summed E-state index contributed by atoms with van der Waals surface area (Å²) >= 11 is 5.87. The van der Waals surface area contributed by atoms with Crippen LogP contribution in [0.25, 0.3) is 11.2 Å². The lowest BCUT2D eigenvalue weighted by molar-refractivity contribution is 0.0185. The monoisotopic (exact) mass is 297 g/mol. The highest BCUT2D eigenvalue weighted by atomic mass is 35.5. The van der Waals surface area contributed by atoms with Crippen LogP contribution in [-0.4, -0.2) is 47.3 Å². The highest BCUT2D eigenvalue weighted by Gasteiger charge is 2.16. The van der Waals surface area contributed by atoms with Gasteiger partial charge in [-0.1, -0.05) is 0 Å². The van der Waals surface area contributed by atoms with Crippen molar-refractivity contribution in [2.45, 2.75) is 26.0 Å². The van der Waals surface area contributed by atoms with E-state index in [4.69, 9.17) is 21.1 Å². The summed E-state index contributed by atoms with van der Waals surface area (Å²) in [6.07, 6.45) is 2.53. The first-order chi connectivity index (χ1) is 9.69. The number of methoxy groups -OCH3 is 2. The minimum absolute atomic E-state index is 0.0328. The van der Waals surface area contributed by atoms with Crippen LogP contribution in [0.15, 0.2) is 12.3 Å². The Labute approximate surface area is 123 Å². The van der Waals surface area contributed by atoms with Gasteiger partial charge in [0.05, 0.1) is 19.3 Å². The maximum Gasteiger partial charge on any atom is 0.160 e. The predicted octanol–water partition coefficient (Wildman–Crippen LogP) is 2.18. The van der Waals surface area contributed by atoms with Crippen LogP contribution in [0.2, 0.25) is 0 Å². The molecule has 0 saturated carbocycles. The molecule has 0 fully saturated rings. The molecule has 2 heterocycles. The second kappa shape index (κ2) is 7.02. The molecule has 0 spiro atoms. The van der Waals surface area contributed by atoms with Crippen molar-refractivity contribution in [3.05, 3.63) is 23.7 Å². The standard InChI is InChI=1S/C14H20ClN3O2/c1-10-6-12-14(16-7-10)18(13(17-12)4-5-15)8-11(20-3)9-19-2/h6-7,11H,4-5,8-9H2,1-3H3. The summed E-state index contributed by atoms with van der Waals surface area (Å²) in [6, 6.07) is 2.04. The van der Waals surface area contributed by atoms with Crippen molar-refractivity contribution in [3.8, 4) is 0 Å². The Morgan fingerprint density at radius 3 is 2.85 bits per heavy atom. The molecular formula is C14H20ClN3O2. The van der Waals surface area contributed by atoms with Crippen LogP contribution in [0.5, 0.6) is 0 Å². The zero-order valence-corrected chi connectivity index (χ0v) is 12.9. The Morgan fingerprint density at radius 2 is 2.20 bits per heavy atom. The predicted molar refractivity (Wildman–Crippen MR) is 79.4 cm³/mol. The van der Waals surface area contributed by atoms with Crippen molar-refractivity contribution in [1.29, 1.82) is 0 Å². The molecular weight excluding hydrogens is 278 g/mol. The fourth-order valence-electron chi connectivity index (χ4n) is 2.21. The SMILES string of the molecule is COCC(Cn1c(CCCl)nc2cc(C)cnc21)OC. The van der Waals surface area contributed by atoms with Crippen LogP contribution in [0.4, 0.5) is 0 Å². The first-order valence-corrected chi connectivity index (χ1v) is 7.12. The maximum atomic E-state index is 5.87. The molecule has 2 aromatic heterocycles. The fourth-order valence-corrected chi connectivity index (χ4v) is 2.38. The normalized spacial score (nSPS) is 13.0. The molecule has 0 aliphatic rings. The van der Waals surface area contributed by atoms with E-state index in [1.165, 1.54) is 0 Å². The smallest absolute Gasteiger partial charge is 0.160 e. The summed E-state index contributed by atoms with van der Waals surface area (Å²) in [5.41, 5.74) is 2.87. The molecule has 5 nitrogen and oxygen atoms in total. The molecule has 2 aromatic rings. The molecule has 110 valence electrons. The van der Waals surface area contributed by atoms with E-state index >= 15 is 0 Å². The molecule has 0 amide bonds. The number of imidazole rings is 1. The van der Waals surface area contributed by atoms with E-state index in [-0.39, 0.29) is 6.10 Å². The van der Waals surface area contributed by atoms with Gasteiger partial charge in [0.1, 0.15) is 11.3 Å². The second-order valence-corrected chi connectivity index (χ2v) is 5.12. The molecule has 0 bridgehead atoms. The van der Waals surface area contributed by atoms with Gasteiger partial charge in [-0.25, -0.2) is 9.97 Å². The molecule has 0 saturated heterocycles. The highest BCUT2D eigenvalue weighted by molar-refractivity contribution is 6.17.